The Bertz CT molecular complexity index is 469. The second-order valence-corrected chi connectivity index (χ2v) is 7.79. The van der Waals surface area contributed by atoms with Crippen LogP contribution in [0.3, 0.4) is 0 Å². The highest BCUT2D eigenvalue weighted by molar-refractivity contribution is 7.89. The molecule has 1 aromatic heterocycles. The Balaban J connectivity index is 2.58. The van der Waals surface area contributed by atoms with Crippen molar-refractivity contribution in [2.24, 2.45) is 5.41 Å². The Kier molecular flexibility index (Phi) is 5.13. The molecule has 0 amide bonds. The first kappa shape index (κ1) is 15.4. The molecular formula is C12H19ClN2O2S. The molecule has 0 spiro atoms. The van der Waals surface area contributed by atoms with Crippen molar-refractivity contribution in [3.8, 4) is 0 Å². The van der Waals surface area contributed by atoms with Gasteiger partial charge in [-0.15, -0.1) is 11.6 Å². The highest BCUT2D eigenvalue weighted by atomic mass is 35.5. The molecule has 0 saturated carbocycles. The zero-order valence-electron chi connectivity index (χ0n) is 10.9. The number of nitrogens with zero attached hydrogens (tertiary/aromatic N) is 1. The van der Waals surface area contributed by atoms with E-state index in [2.05, 4.69) is 30.5 Å². The van der Waals surface area contributed by atoms with Crippen molar-refractivity contribution in [2.45, 2.75) is 37.5 Å². The quantitative estimate of drug-likeness (QED) is 0.847. The summed E-state index contributed by atoms with van der Waals surface area (Å²) in [4.78, 5) is 3.94. The molecule has 0 radical (unpaired) electrons. The highest BCUT2D eigenvalue weighted by Gasteiger charge is 2.20. The number of pyridine rings is 1. The SMILES string of the molecule is CC(C)(C)CC(Cl)CNS(=O)(=O)c1cccnc1. The van der Waals surface area contributed by atoms with Crippen molar-refractivity contribution in [3.63, 3.8) is 0 Å². The van der Waals surface area contributed by atoms with Gasteiger partial charge >= 0.3 is 0 Å². The van der Waals surface area contributed by atoms with Gasteiger partial charge in [0.15, 0.2) is 0 Å². The number of sulfonamides is 1. The van der Waals surface area contributed by atoms with E-state index in [1.54, 1.807) is 6.07 Å². The molecule has 4 nitrogen and oxygen atoms in total. The summed E-state index contributed by atoms with van der Waals surface area (Å²) in [6.07, 6.45) is 3.59. The predicted molar refractivity (Wildman–Crippen MR) is 73.1 cm³/mol. The highest BCUT2D eigenvalue weighted by Crippen LogP contribution is 2.23. The van der Waals surface area contributed by atoms with E-state index in [0.29, 0.717) is 0 Å². The number of aromatic nitrogens is 1. The van der Waals surface area contributed by atoms with Crippen LogP contribution in [0, 0.1) is 5.41 Å². The molecule has 6 heteroatoms. The smallest absolute Gasteiger partial charge is 0.242 e. The first-order valence-corrected chi connectivity index (χ1v) is 7.66. The molecule has 1 N–H and O–H groups in total. The van der Waals surface area contributed by atoms with Crippen LogP contribution in [0.1, 0.15) is 27.2 Å². The average Bonchev–Trinajstić information content (AvgIpc) is 2.26. The van der Waals surface area contributed by atoms with Gasteiger partial charge in [0.25, 0.3) is 0 Å². The summed E-state index contributed by atoms with van der Waals surface area (Å²) < 4.78 is 26.3. The maximum absolute atomic E-state index is 11.9. The molecule has 0 aromatic carbocycles. The number of hydrogen-bond acceptors (Lipinski definition) is 3. The fourth-order valence-electron chi connectivity index (χ4n) is 1.53. The molecule has 0 aliphatic heterocycles. The Morgan fingerprint density at radius 2 is 2.11 bits per heavy atom. The van der Waals surface area contributed by atoms with Crippen LogP contribution in [0.4, 0.5) is 0 Å². The van der Waals surface area contributed by atoms with Crippen molar-refractivity contribution < 1.29 is 8.42 Å². The van der Waals surface area contributed by atoms with Gasteiger partial charge in [-0.25, -0.2) is 13.1 Å². The Labute approximate surface area is 114 Å². The molecule has 1 unspecified atom stereocenters. The Morgan fingerprint density at radius 3 is 2.61 bits per heavy atom. The summed E-state index contributed by atoms with van der Waals surface area (Å²) in [5.41, 5.74) is 0.0756. The van der Waals surface area contributed by atoms with E-state index < -0.39 is 10.0 Å². The van der Waals surface area contributed by atoms with Gasteiger partial charge in [0.1, 0.15) is 4.90 Å². The van der Waals surface area contributed by atoms with E-state index >= 15 is 0 Å². The van der Waals surface area contributed by atoms with Crippen LogP contribution < -0.4 is 4.72 Å². The van der Waals surface area contributed by atoms with Crippen molar-refractivity contribution in [2.75, 3.05) is 6.54 Å². The lowest BCUT2D eigenvalue weighted by atomic mass is 9.90. The minimum Gasteiger partial charge on any atom is -0.263 e. The molecule has 1 heterocycles. The molecule has 0 fully saturated rings. The lowest BCUT2D eigenvalue weighted by molar-refractivity contribution is 0.369. The topological polar surface area (TPSA) is 59.1 Å². The van der Waals surface area contributed by atoms with E-state index in [4.69, 9.17) is 11.6 Å². The third kappa shape index (κ3) is 5.33. The van der Waals surface area contributed by atoms with Crippen LogP contribution in [0.2, 0.25) is 0 Å². The van der Waals surface area contributed by atoms with Crippen molar-refractivity contribution in [1.29, 1.82) is 0 Å². The summed E-state index contributed by atoms with van der Waals surface area (Å²) in [5, 5.41) is -0.226. The van der Waals surface area contributed by atoms with Gasteiger partial charge in [-0.05, 0) is 24.0 Å². The fourth-order valence-corrected chi connectivity index (χ4v) is 3.20. The van der Waals surface area contributed by atoms with E-state index in [1.807, 2.05) is 0 Å². The summed E-state index contributed by atoms with van der Waals surface area (Å²) in [6.45, 7) is 6.42. The van der Waals surface area contributed by atoms with Gasteiger partial charge in [-0.1, -0.05) is 20.8 Å². The molecule has 1 rings (SSSR count). The lowest BCUT2D eigenvalue weighted by Gasteiger charge is -2.21. The van der Waals surface area contributed by atoms with E-state index in [9.17, 15) is 8.42 Å². The van der Waals surface area contributed by atoms with Crippen molar-refractivity contribution >= 4 is 21.6 Å². The summed E-state index contributed by atoms with van der Waals surface area (Å²) in [5.74, 6) is 0. The molecule has 18 heavy (non-hydrogen) atoms. The standard InChI is InChI=1S/C12H19ClN2O2S/c1-12(2,3)7-10(13)8-15-18(16,17)11-5-4-6-14-9-11/h4-6,9-10,15H,7-8H2,1-3H3. The summed E-state index contributed by atoms with van der Waals surface area (Å²) in [7, 11) is -3.51. The minimum absolute atomic E-state index is 0.0756. The van der Waals surface area contributed by atoms with Crippen LogP contribution in [0.15, 0.2) is 29.4 Å². The monoisotopic (exact) mass is 290 g/mol. The third-order valence-corrected chi connectivity index (χ3v) is 3.99. The minimum atomic E-state index is -3.51. The van der Waals surface area contributed by atoms with Crippen LogP contribution in [0.5, 0.6) is 0 Å². The van der Waals surface area contributed by atoms with Gasteiger partial charge in [0.2, 0.25) is 10.0 Å². The van der Waals surface area contributed by atoms with E-state index in [1.165, 1.54) is 18.5 Å². The largest absolute Gasteiger partial charge is 0.263 e. The number of rotatable bonds is 5. The van der Waals surface area contributed by atoms with Crippen LogP contribution >= 0.6 is 11.6 Å². The molecule has 0 saturated heterocycles. The lowest BCUT2D eigenvalue weighted by Crippen LogP contribution is -2.31. The molecule has 102 valence electrons. The molecule has 0 aliphatic carbocycles. The maximum atomic E-state index is 11.9. The first-order valence-electron chi connectivity index (χ1n) is 5.74. The van der Waals surface area contributed by atoms with Crippen molar-refractivity contribution in [3.05, 3.63) is 24.5 Å². The number of halogens is 1. The molecule has 0 aliphatic rings. The number of alkyl halides is 1. The van der Waals surface area contributed by atoms with Crippen LogP contribution in [0.25, 0.3) is 0 Å². The van der Waals surface area contributed by atoms with Gasteiger partial charge in [0, 0.05) is 24.3 Å². The maximum Gasteiger partial charge on any atom is 0.242 e. The number of nitrogens with one attached hydrogen (secondary N) is 1. The van der Waals surface area contributed by atoms with Gasteiger partial charge in [-0.3, -0.25) is 4.98 Å². The second kappa shape index (κ2) is 5.99. The van der Waals surface area contributed by atoms with E-state index in [-0.39, 0.29) is 22.2 Å². The molecule has 1 atom stereocenters. The molecular weight excluding hydrogens is 272 g/mol. The molecule has 0 bridgehead atoms. The average molecular weight is 291 g/mol. The molecule has 1 aromatic rings. The second-order valence-electron chi connectivity index (χ2n) is 5.40. The van der Waals surface area contributed by atoms with Gasteiger partial charge in [0.05, 0.1) is 0 Å². The van der Waals surface area contributed by atoms with Crippen molar-refractivity contribution in [1.82, 2.24) is 9.71 Å². The third-order valence-electron chi connectivity index (χ3n) is 2.27. The summed E-state index contributed by atoms with van der Waals surface area (Å²) in [6, 6.07) is 3.09. The predicted octanol–water partition coefficient (Wildman–Crippen LogP) is 2.40. The van der Waals surface area contributed by atoms with Crippen LogP contribution in [-0.4, -0.2) is 25.3 Å². The zero-order valence-corrected chi connectivity index (χ0v) is 12.4. The summed E-state index contributed by atoms with van der Waals surface area (Å²) >= 11 is 6.12. The Hall–Kier alpha value is -0.650. The van der Waals surface area contributed by atoms with Gasteiger partial charge < -0.3 is 0 Å². The Morgan fingerprint density at radius 1 is 1.44 bits per heavy atom. The van der Waals surface area contributed by atoms with Gasteiger partial charge in [-0.2, -0.15) is 0 Å². The normalized spacial score (nSPS) is 14.4. The zero-order chi connectivity index (χ0) is 13.8. The van der Waals surface area contributed by atoms with E-state index in [0.717, 1.165) is 6.42 Å². The first-order chi connectivity index (χ1) is 8.21. The number of hydrogen-bond donors (Lipinski definition) is 1. The fraction of sp³-hybridized carbons (Fsp3) is 0.583. The van der Waals surface area contributed by atoms with Crippen LogP contribution in [-0.2, 0) is 10.0 Å².